The Morgan fingerprint density at radius 1 is 0.864 bits per heavy atom. The molecule has 2 aliphatic carbocycles. The number of hydrogen-bond acceptors (Lipinski definition) is 1. The molecule has 1 saturated heterocycles. The van der Waals surface area contributed by atoms with E-state index in [9.17, 15) is 0 Å². The van der Waals surface area contributed by atoms with Gasteiger partial charge in [0.05, 0.1) is 0 Å². The van der Waals surface area contributed by atoms with Crippen LogP contribution in [0.5, 0.6) is 0 Å². The van der Waals surface area contributed by atoms with Gasteiger partial charge in [-0.15, -0.1) is 0 Å². The van der Waals surface area contributed by atoms with Crippen LogP contribution in [-0.4, -0.2) is 13.1 Å². The summed E-state index contributed by atoms with van der Waals surface area (Å²) in [5, 5.41) is 0. The fraction of sp³-hybridized carbons (Fsp3) is 0.714. The fourth-order valence-electron chi connectivity index (χ4n) is 5.10. The number of anilines is 1. The van der Waals surface area contributed by atoms with E-state index in [1.54, 1.807) is 25.7 Å². The van der Waals surface area contributed by atoms with Crippen LogP contribution in [-0.2, 0) is 0 Å². The highest BCUT2D eigenvalue weighted by atomic mass is 15.1. The van der Waals surface area contributed by atoms with Crippen LogP contribution in [0.25, 0.3) is 0 Å². The summed E-state index contributed by atoms with van der Waals surface area (Å²) < 4.78 is 0. The summed E-state index contributed by atoms with van der Waals surface area (Å²) in [5.41, 5.74) is 1.42. The number of para-hydroxylation sites is 1. The van der Waals surface area contributed by atoms with Crippen LogP contribution in [0.2, 0.25) is 0 Å². The Balaban J connectivity index is 0.000000446. The molecular formula is C21H33N. The second kappa shape index (κ2) is 7.53. The van der Waals surface area contributed by atoms with Crippen molar-refractivity contribution in [1.82, 2.24) is 0 Å². The van der Waals surface area contributed by atoms with Crippen molar-refractivity contribution in [3.63, 3.8) is 0 Å². The molecule has 0 spiro atoms. The van der Waals surface area contributed by atoms with E-state index < -0.39 is 0 Å². The highest BCUT2D eigenvalue weighted by molar-refractivity contribution is 5.46. The van der Waals surface area contributed by atoms with Gasteiger partial charge in [0.15, 0.2) is 0 Å². The molecule has 0 radical (unpaired) electrons. The minimum Gasteiger partial charge on any atom is -0.372 e. The second-order valence-corrected chi connectivity index (χ2v) is 7.71. The Bertz CT molecular complexity index is 432. The average molecular weight is 300 g/mol. The predicted molar refractivity (Wildman–Crippen MR) is 96.3 cm³/mol. The number of piperidine rings is 1. The fourth-order valence-corrected chi connectivity index (χ4v) is 5.10. The summed E-state index contributed by atoms with van der Waals surface area (Å²) >= 11 is 0. The Morgan fingerprint density at radius 3 is 2.09 bits per heavy atom. The van der Waals surface area contributed by atoms with Gasteiger partial charge in [0.25, 0.3) is 0 Å². The number of rotatable bonds is 2. The Hall–Kier alpha value is -0.980. The minimum atomic E-state index is 1.04. The highest BCUT2D eigenvalue weighted by Crippen LogP contribution is 2.52. The minimum absolute atomic E-state index is 1.04. The lowest BCUT2D eigenvalue weighted by atomic mass is 9.75. The third-order valence-corrected chi connectivity index (χ3v) is 6.06. The Morgan fingerprint density at radius 2 is 1.55 bits per heavy atom. The predicted octanol–water partition coefficient (Wildman–Crippen LogP) is 5.76. The van der Waals surface area contributed by atoms with Crippen molar-refractivity contribution in [1.29, 1.82) is 0 Å². The van der Waals surface area contributed by atoms with Crippen LogP contribution in [0.3, 0.4) is 0 Å². The van der Waals surface area contributed by atoms with E-state index in [1.807, 2.05) is 0 Å². The van der Waals surface area contributed by atoms with Gasteiger partial charge in [-0.1, -0.05) is 44.9 Å². The van der Waals surface area contributed by atoms with E-state index in [1.165, 1.54) is 38.0 Å². The zero-order valence-corrected chi connectivity index (χ0v) is 14.5. The molecule has 1 aliphatic heterocycles. The summed E-state index contributed by atoms with van der Waals surface area (Å²) in [7, 11) is 0. The number of fused-ring (bicyclic) bond motifs is 2. The molecule has 4 rings (SSSR count). The van der Waals surface area contributed by atoms with E-state index in [-0.39, 0.29) is 0 Å². The molecule has 1 aromatic rings. The maximum atomic E-state index is 2.59. The first-order chi connectivity index (χ1) is 10.8. The normalized spacial score (nSPS) is 31.0. The number of benzene rings is 1. The summed E-state index contributed by atoms with van der Waals surface area (Å²) in [4.78, 5) is 2.59. The van der Waals surface area contributed by atoms with E-state index in [4.69, 9.17) is 0 Å². The van der Waals surface area contributed by atoms with Gasteiger partial charge >= 0.3 is 0 Å². The number of nitrogens with zero attached hydrogens (tertiary/aromatic N) is 1. The molecule has 122 valence electrons. The number of hydrogen-bond donors (Lipinski definition) is 0. The van der Waals surface area contributed by atoms with Crippen LogP contribution in [0.15, 0.2) is 30.3 Å². The van der Waals surface area contributed by atoms with Gasteiger partial charge in [0.1, 0.15) is 0 Å². The van der Waals surface area contributed by atoms with E-state index in [2.05, 4.69) is 49.1 Å². The van der Waals surface area contributed by atoms with Crippen molar-refractivity contribution in [2.75, 3.05) is 18.0 Å². The third kappa shape index (κ3) is 3.50. The topological polar surface area (TPSA) is 3.24 Å². The molecule has 3 fully saturated rings. The zero-order chi connectivity index (χ0) is 15.4. The molecule has 3 unspecified atom stereocenters. The maximum Gasteiger partial charge on any atom is 0.0366 e. The third-order valence-electron chi connectivity index (χ3n) is 6.06. The van der Waals surface area contributed by atoms with Gasteiger partial charge < -0.3 is 4.90 Å². The smallest absolute Gasteiger partial charge is 0.0366 e. The Kier molecular flexibility index (Phi) is 5.44. The SMILES string of the molecule is CCC.c1ccc(N2CCC(C3CC4CCC3C4)CC2)cc1. The van der Waals surface area contributed by atoms with Crippen LogP contribution >= 0.6 is 0 Å². The summed E-state index contributed by atoms with van der Waals surface area (Å²) in [5.74, 6) is 4.35. The molecule has 3 atom stereocenters. The van der Waals surface area contributed by atoms with E-state index in [0.29, 0.717) is 0 Å². The molecule has 2 bridgehead atoms. The van der Waals surface area contributed by atoms with E-state index >= 15 is 0 Å². The second-order valence-electron chi connectivity index (χ2n) is 7.71. The summed E-state index contributed by atoms with van der Waals surface area (Å²) in [6.07, 6.45) is 10.4. The van der Waals surface area contributed by atoms with Gasteiger partial charge in [-0.3, -0.25) is 0 Å². The van der Waals surface area contributed by atoms with Crippen LogP contribution in [0.4, 0.5) is 5.69 Å². The largest absolute Gasteiger partial charge is 0.372 e. The van der Waals surface area contributed by atoms with Crippen molar-refractivity contribution >= 4 is 5.69 Å². The molecule has 1 nitrogen and oxygen atoms in total. The quantitative estimate of drug-likeness (QED) is 0.671. The standard InChI is InChI=1S/C18H25N.C3H8/c1-2-4-17(5-3-1)19-10-8-15(9-11-19)18-13-14-6-7-16(18)12-14;1-3-2/h1-5,14-16,18H,6-13H2;3H2,1-2H3. The van der Waals surface area contributed by atoms with Crippen molar-refractivity contribution in [3.05, 3.63) is 30.3 Å². The summed E-state index contributed by atoms with van der Waals surface area (Å²) in [6, 6.07) is 11.0. The van der Waals surface area contributed by atoms with Crippen LogP contribution < -0.4 is 4.90 Å². The lowest BCUT2D eigenvalue weighted by Crippen LogP contribution is -2.37. The van der Waals surface area contributed by atoms with Gasteiger partial charge in [-0.25, -0.2) is 0 Å². The lowest BCUT2D eigenvalue weighted by molar-refractivity contribution is 0.195. The first-order valence-electron chi connectivity index (χ1n) is 9.61. The Labute approximate surface area is 137 Å². The molecule has 3 aliphatic rings. The van der Waals surface area contributed by atoms with Crippen molar-refractivity contribution < 1.29 is 0 Å². The zero-order valence-electron chi connectivity index (χ0n) is 14.5. The molecule has 0 amide bonds. The average Bonchev–Trinajstić information content (AvgIpc) is 3.20. The van der Waals surface area contributed by atoms with Crippen LogP contribution in [0.1, 0.15) is 58.8 Å². The van der Waals surface area contributed by atoms with Crippen molar-refractivity contribution in [2.24, 2.45) is 23.7 Å². The van der Waals surface area contributed by atoms with Gasteiger partial charge in [0, 0.05) is 18.8 Å². The molecule has 0 aromatic heterocycles. The van der Waals surface area contributed by atoms with Gasteiger partial charge in [0.2, 0.25) is 0 Å². The molecule has 1 aromatic carbocycles. The monoisotopic (exact) mass is 299 g/mol. The molecule has 2 saturated carbocycles. The molecule has 0 N–H and O–H groups in total. The van der Waals surface area contributed by atoms with Crippen molar-refractivity contribution in [3.8, 4) is 0 Å². The molecule has 1 heteroatoms. The maximum absolute atomic E-state index is 2.59. The molecule has 22 heavy (non-hydrogen) atoms. The highest BCUT2D eigenvalue weighted by Gasteiger charge is 2.43. The molecule has 1 heterocycles. The van der Waals surface area contributed by atoms with Gasteiger partial charge in [-0.2, -0.15) is 0 Å². The first kappa shape index (κ1) is 15.9. The van der Waals surface area contributed by atoms with Gasteiger partial charge in [-0.05, 0) is 67.9 Å². The lowest BCUT2D eigenvalue weighted by Gasteiger charge is -2.38. The van der Waals surface area contributed by atoms with Crippen molar-refractivity contribution in [2.45, 2.75) is 58.8 Å². The summed E-state index contributed by atoms with van der Waals surface area (Å²) in [6.45, 7) is 6.81. The van der Waals surface area contributed by atoms with Crippen LogP contribution in [0, 0.1) is 23.7 Å². The van der Waals surface area contributed by atoms with E-state index in [0.717, 1.165) is 23.7 Å². The first-order valence-corrected chi connectivity index (χ1v) is 9.61. The molecular weight excluding hydrogens is 266 g/mol.